The third-order valence-corrected chi connectivity index (χ3v) is 5.42. The van der Waals surface area contributed by atoms with Gasteiger partial charge in [0.1, 0.15) is 18.2 Å². The zero-order chi connectivity index (χ0) is 21.2. The molecule has 2 aromatic rings. The molecule has 0 bridgehead atoms. The van der Waals surface area contributed by atoms with Gasteiger partial charge in [0.2, 0.25) is 0 Å². The van der Waals surface area contributed by atoms with Crippen LogP contribution in [0.2, 0.25) is 0 Å². The van der Waals surface area contributed by atoms with Gasteiger partial charge in [-0.25, -0.2) is 4.98 Å². The Morgan fingerprint density at radius 2 is 1.93 bits per heavy atom. The van der Waals surface area contributed by atoms with Gasteiger partial charge in [-0.2, -0.15) is 0 Å². The number of piperazine rings is 1. The van der Waals surface area contributed by atoms with Crippen molar-refractivity contribution in [1.29, 1.82) is 0 Å². The zero-order valence-corrected chi connectivity index (χ0v) is 18.4. The van der Waals surface area contributed by atoms with Crippen LogP contribution in [0.15, 0.2) is 53.7 Å². The average molecular weight is 411 g/mol. The topological polar surface area (TPSA) is 56.2 Å². The second-order valence-corrected chi connectivity index (χ2v) is 7.43. The summed E-state index contributed by atoms with van der Waals surface area (Å²) in [4.78, 5) is 15.9. The number of para-hydroxylation sites is 1. The van der Waals surface area contributed by atoms with Gasteiger partial charge in [-0.3, -0.25) is 4.99 Å². The van der Waals surface area contributed by atoms with Crippen molar-refractivity contribution >= 4 is 11.8 Å². The largest absolute Gasteiger partial charge is 0.492 e. The molecule has 7 nitrogen and oxygen atoms in total. The molecule has 1 N–H and O–H groups in total. The van der Waals surface area contributed by atoms with Crippen LogP contribution in [-0.2, 0) is 6.54 Å². The molecule has 0 spiro atoms. The van der Waals surface area contributed by atoms with Crippen molar-refractivity contribution in [1.82, 2.24) is 20.1 Å². The van der Waals surface area contributed by atoms with Gasteiger partial charge >= 0.3 is 0 Å². The summed E-state index contributed by atoms with van der Waals surface area (Å²) in [5.41, 5.74) is 1.20. The number of nitrogens with zero attached hydrogens (tertiary/aromatic N) is 5. The lowest BCUT2D eigenvalue weighted by Gasteiger charge is -2.34. The van der Waals surface area contributed by atoms with Crippen molar-refractivity contribution < 1.29 is 4.74 Å². The zero-order valence-electron chi connectivity index (χ0n) is 18.4. The van der Waals surface area contributed by atoms with Crippen molar-refractivity contribution in [2.75, 3.05) is 64.9 Å². The Hall–Kier alpha value is -2.80. The van der Waals surface area contributed by atoms with E-state index in [0.717, 1.165) is 56.8 Å². The van der Waals surface area contributed by atoms with E-state index in [1.54, 1.807) is 0 Å². The van der Waals surface area contributed by atoms with E-state index in [1.165, 1.54) is 5.56 Å². The van der Waals surface area contributed by atoms with Gasteiger partial charge in [-0.1, -0.05) is 25.1 Å². The fourth-order valence-electron chi connectivity index (χ4n) is 3.53. The molecule has 0 radical (unpaired) electrons. The van der Waals surface area contributed by atoms with Crippen LogP contribution in [0.25, 0.3) is 0 Å². The van der Waals surface area contributed by atoms with Gasteiger partial charge in [0.15, 0.2) is 5.96 Å². The van der Waals surface area contributed by atoms with Crippen LogP contribution in [-0.4, -0.2) is 80.7 Å². The maximum atomic E-state index is 5.79. The summed E-state index contributed by atoms with van der Waals surface area (Å²) >= 11 is 0. The number of pyridine rings is 1. The van der Waals surface area contributed by atoms with Gasteiger partial charge < -0.3 is 24.8 Å². The van der Waals surface area contributed by atoms with Gasteiger partial charge in [-0.05, 0) is 36.4 Å². The molecule has 1 saturated heterocycles. The minimum Gasteiger partial charge on any atom is -0.492 e. The van der Waals surface area contributed by atoms with Gasteiger partial charge in [0.25, 0.3) is 0 Å². The molecule has 1 aliphatic heterocycles. The molecule has 0 saturated carbocycles. The van der Waals surface area contributed by atoms with Crippen LogP contribution in [0.5, 0.6) is 5.75 Å². The van der Waals surface area contributed by atoms with E-state index >= 15 is 0 Å². The van der Waals surface area contributed by atoms with Crippen LogP contribution in [0.1, 0.15) is 12.5 Å². The molecule has 3 rings (SSSR count). The van der Waals surface area contributed by atoms with Crippen molar-refractivity contribution in [2.24, 2.45) is 4.99 Å². The molecular formula is C23H34N6O. The number of hydrogen-bond acceptors (Lipinski definition) is 5. The number of nitrogens with one attached hydrogen (secondary N) is 1. The summed E-state index contributed by atoms with van der Waals surface area (Å²) in [6.45, 7) is 9.66. The van der Waals surface area contributed by atoms with E-state index in [9.17, 15) is 0 Å². The summed E-state index contributed by atoms with van der Waals surface area (Å²) in [6.07, 6.45) is 1.90. The second kappa shape index (κ2) is 11.4. The smallest absolute Gasteiger partial charge is 0.193 e. The molecule has 1 fully saturated rings. The summed E-state index contributed by atoms with van der Waals surface area (Å²) < 4.78 is 5.79. The van der Waals surface area contributed by atoms with E-state index in [1.807, 2.05) is 50.6 Å². The van der Waals surface area contributed by atoms with Crippen LogP contribution >= 0.6 is 0 Å². The Morgan fingerprint density at radius 1 is 1.17 bits per heavy atom. The first kappa shape index (κ1) is 21.9. The van der Waals surface area contributed by atoms with E-state index in [-0.39, 0.29) is 0 Å². The SMILES string of the molecule is CCN1CCN(c2cc(CNC(=NC)N(C)CCOc3ccccc3)ccn2)CC1. The molecule has 2 heterocycles. The molecule has 0 unspecified atom stereocenters. The van der Waals surface area contributed by atoms with Gasteiger partial charge in [0, 0.05) is 53.0 Å². The average Bonchev–Trinajstić information content (AvgIpc) is 2.80. The van der Waals surface area contributed by atoms with Gasteiger partial charge in [-0.15, -0.1) is 0 Å². The number of aliphatic imine (C=N–C) groups is 1. The quantitative estimate of drug-likeness (QED) is 0.532. The molecule has 1 aliphatic rings. The highest BCUT2D eigenvalue weighted by atomic mass is 16.5. The number of anilines is 1. The fraction of sp³-hybridized carbons (Fsp3) is 0.478. The number of likely N-dealkylation sites (N-methyl/N-ethyl adjacent to an activating group) is 2. The van der Waals surface area contributed by atoms with Crippen LogP contribution in [0, 0.1) is 0 Å². The highest BCUT2D eigenvalue weighted by molar-refractivity contribution is 5.79. The summed E-state index contributed by atoms with van der Waals surface area (Å²) in [6, 6.07) is 14.1. The van der Waals surface area contributed by atoms with Crippen molar-refractivity contribution in [3.63, 3.8) is 0 Å². The third-order valence-electron chi connectivity index (χ3n) is 5.42. The van der Waals surface area contributed by atoms with Crippen molar-refractivity contribution in [3.8, 4) is 5.75 Å². The van der Waals surface area contributed by atoms with Crippen LogP contribution < -0.4 is 15.0 Å². The molecule has 1 aromatic carbocycles. The molecule has 162 valence electrons. The Labute approximate surface area is 180 Å². The number of rotatable bonds is 8. The van der Waals surface area contributed by atoms with Crippen LogP contribution in [0.3, 0.4) is 0 Å². The Bertz CT molecular complexity index is 789. The Kier molecular flexibility index (Phi) is 8.32. The fourth-order valence-corrected chi connectivity index (χ4v) is 3.53. The Balaban J connectivity index is 1.47. The number of ether oxygens (including phenoxy) is 1. The standard InChI is InChI=1S/C23H34N6O/c1-4-28-12-14-29(15-13-28)22-18-20(10-11-25-22)19-26-23(24-2)27(3)16-17-30-21-8-6-5-7-9-21/h5-11,18H,4,12-17,19H2,1-3H3,(H,24,26). The predicted octanol–water partition coefficient (Wildman–Crippen LogP) is 2.31. The number of benzene rings is 1. The normalized spacial score (nSPS) is 15.2. The van der Waals surface area contributed by atoms with Crippen LogP contribution in [0.4, 0.5) is 5.82 Å². The number of guanidine groups is 1. The lowest BCUT2D eigenvalue weighted by atomic mass is 10.2. The lowest BCUT2D eigenvalue weighted by molar-refractivity contribution is 0.270. The molecule has 1 aromatic heterocycles. The summed E-state index contributed by atoms with van der Waals surface area (Å²) in [5.74, 6) is 2.80. The first-order valence-electron chi connectivity index (χ1n) is 10.7. The molecule has 0 amide bonds. The highest BCUT2D eigenvalue weighted by Crippen LogP contribution is 2.15. The minimum absolute atomic E-state index is 0.602. The Morgan fingerprint density at radius 3 is 2.63 bits per heavy atom. The maximum absolute atomic E-state index is 5.79. The van der Waals surface area contributed by atoms with Gasteiger partial charge in [0.05, 0.1) is 6.54 Å². The molecule has 7 heteroatoms. The summed E-state index contributed by atoms with van der Waals surface area (Å²) in [7, 11) is 3.83. The molecule has 0 aliphatic carbocycles. The number of hydrogen-bond donors (Lipinski definition) is 1. The molecular weight excluding hydrogens is 376 g/mol. The summed E-state index contributed by atoms with van der Waals surface area (Å²) in [5, 5.41) is 3.45. The highest BCUT2D eigenvalue weighted by Gasteiger charge is 2.17. The van der Waals surface area contributed by atoms with E-state index in [4.69, 9.17) is 4.74 Å². The van der Waals surface area contributed by atoms with E-state index in [0.29, 0.717) is 13.2 Å². The second-order valence-electron chi connectivity index (χ2n) is 7.43. The minimum atomic E-state index is 0.602. The van der Waals surface area contributed by atoms with Crippen molar-refractivity contribution in [2.45, 2.75) is 13.5 Å². The first-order valence-corrected chi connectivity index (χ1v) is 10.7. The maximum Gasteiger partial charge on any atom is 0.193 e. The predicted molar refractivity (Wildman–Crippen MR) is 123 cm³/mol. The number of aromatic nitrogens is 1. The van der Waals surface area contributed by atoms with E-state index < -0.39 is 0 Å². The van der Waals surface area contributed by atoms with Crippen molar-refractivity contribution in [3.05, 3.63) is 54.2 Å². The molecule has 0 atom stereocenters. The third kappa shape index (κ3) is 6.35. The monoisotopic (exact) mass is 410 g/mol. The van der Waals surface area contributed by atoms with E-state index in [2.05, 4.69) is 49.0 Å². The lowest BCUT2D eigenvalue weighted by Crippen LogP contribution is -2.46. The first-order chi connectivity index (χ1) is 14.7. The molecule has 30 heavy (non-hydrogen) atoms.